The number of aliphatic carboxylic acids is 1. The van der Waals surface area contributed by atoms with Gasteiger partial charge in [-0.05, 0) is 12.8 Å². The first-order valence-electron chi connectivity index (χ1n) is 3.88. The lowest BCUT2D eigenvalue weighted by molar-refractivity contribution is -0.143. The highest BCUT2D eigenvalue weighted by atomic mass is 16.4. The molecule has 1 amide bonds. The van der Waals surface area contributed by atoms with Gasteiger partial charge >= 0.3 is 5.97 Å². The Balaban J connectivity index is 2.39. The fourth-order valence-corrected chi connectivity index (χ4v) is 1.35. The largest absolute Gasteiger partial charge is 0.481 e. The van der Waals surface area contributed by atoms with Crippen LogP contribution in [0.3, 0.4) is 0 Å². The molecule has 0 saturated carbocycles. The smallest absolute Gasteiger partial charge is 0.306 e. The van der Waals surface area contributed by atoms with Crippen LogP contribution >= 0.6 is 0 Å². The number of amides is 1. The molecule has 1 aliphatic rings. The Bertz CT molecular complexity index is 177. The van der Waals surface area contributed by atoms with Crippen LogP contribution in [-0.2, 0) is 4.79 Å². The molecule has 0 atom stereocenters. The van der Waals surface area contributed by atoms with Crippen LogP contribution in [-0.4, -0.2) is 42.7 Å². The SMILES string of the molecule is [B]C(=O)N1CCC(C(=O)O)CC1. The van der Waals surface area contributed by atoms with Gasteiger partial charge in [0.25, 0.3) is 0 Å². The van der Waals surface area contributed by atoms with E-state index in [-0.39, 0.29) is 5.92 Å². The fourth-order valence-electron chi connectivity index (χ4n) is 1.35. The molecule has 64 valence electrons. The van der Waals surface area contributed by atoms with Gasteiger partial charge in [-0.1, -0.05) is 0 Å². The molecule has 1 rings (SSSR count). The highest BCUT2D eigenvalue weighted by Crippen LogP contribution is 2.16. The first-order valence-corrected chi connectivity index (χ1v) is 3.88. The van der Waals surface area contributed by atoms with Crippen LogP contribution in [0.1, 0.15) is 12.8 Å². The second kappa shape index (κ2) is 3.60. The summed E-state index contributed by atoms with van der Waals surface area (Å²) < 4.78 is 0. The van der Waals surface area contributed by atoms with Crippen molar-refractivity contribution in [2.45, 2.75) is 12.8 Å². The molecule has 12 heavy (non-hydrogen) atoms. The van der Waals surface area contributed by atoms with Gasteiger partial charge in [0.15, 0.2) is 5.81 Å². The van der Waals surface area contributed by atoms with E-state index in [2.05, 4.69) is 0 Å². The molecule has 0 bridgehead atoms. The molecule has 0 aromatic carbocycles. The minimum Gasteiger partial charge on any atom is -0.481 e. The zero-order valence-electron chi connectivity index (χ0n) is 6.69. The number of carboxylic acid groups (broad SMARTS) is 1. The molecule has 5 heteroatoms. The first-order chi connectivity index (χ1) is 5.61. The average Bonchev–Trinajstić information content (AvgIpc) is 2.04. The van der Waals surface area contributed by atoms with Crippen LogP contribution < -0.4 is 0 Å². The van der Waals surface area contributed by atoms with Crippen molar-refractivity contribution in [3.8, 4) is 0 Å². The predicted molar refractivity (Wildman–Crippen MR) is 43.1 cm³/mol. The van der Waals surface area contributed by atoms with E-state index < -0.39 is 11.8 Å². The second-order valence-corrected chi connectivity index (χ2v) is 2.94. The van der Waals surface area contributed by atoms with E-state index >= 15 is 0 Å². The van der Waals surface area contributed by atoms with Gasteiger partial charge in [0.05, 0.1) is 5.92 Å². The minimum atomic E-state index is -0.779. The van der Waals surface area contributed by atoms with E-state index in [1.165, 1.54) is 4.90 Å². The normalized spacial score (nSPS) is 19.2. The molecular formula is C7H10BNO3. The summed E-state index contributed by atoms with van der Waals surface area (Å²) in [6.45, 7) is 0.929. The standard InChI is InChI=1S/C7H10BNO3/c8-7(12)9-3-1-5(2-4-9)6(10)11/h5H,1-4H2,(H,10,11). The van der Waals surface area contributed by atoms with Crippen molar-refractivity contribution < 1.29 is 14.7 Å². The zero-order valence-corrected chi connectivity index (χ0v) is 6.69. The molecule has 1 fully saturated rings. The Morgan fingerprint density at radius 3 is 2.17 bits per heavy atom. The Morgan fingerprint density at radius 2 is 1.83 bits per heavy atom. The number of carbonyl (C=O) groups is 2. The van der Waals surface area contributed by atoms with Gasteiger partial charge in [0.2, 0.25) is 7.85 Å². The van der Waals surface area contributed by atoms with Crippen molar-refractivity contribution in [1.29, 1.82) is 0 Å². The molecule has 2 radical (unpaired) electrons. The second-order valence-electron chi connectivity index (χ2n) is 2.94. The van der Waals surface area contributed by atoms with Gasteiger partial charge in [0, 0.05) is 13.1 Å². The van der Waals surface area contributed by atoms with E-state index in [1.807, 2.05) is 0 Å². The average molecular weight is 167 g/mol. The van der Waals surface area contributed by atoms with Crippen LogP contribution in [0.15, 0.2) is 0 Å². The summed E-state index contributed by atoms with van der Waals surface area (Å²) in [5, 5.41) is 8.63. The van der Waals surface area contributed by atoms with Crippen LogP contribution in [0, 0.1) is 5.92 Å². The third-order valence-electron chi connectivity index (χ3n) is 2.16. The number of piperidine rings is 1. The number of carboxylic acids is 1. The maximum Gasteiger partial charge on any atom is 0.306 e. The summed E-state index contributed by atoms with van der Waals surface area (Å²) in [5.74, 6) is -1.54. The number of nitrogens with zero attached hydrogens (tertiary/aromatic N) is 1. The van der Waals surface area contributed by atoms with Crippen molar-refractivity contribution in [3.05, 3.63) is 0 Å². The third-order valence-corrected chi connectivity index (χ3v) is 2.16. The van der Waals surface area contributed by atoms with Gasteiger partial charge in [-0.25, -0.2) is 0 Å². The number of likely N-dealkylation sites (tertiary alicyclic amines) is 1. The summed E-state index contributed by atoms with van der Waals surface area (Å²) in [4.78, 5) is 22.6. The number of hydrogen-bond donors (Lipinski definition) is 1. The van der Waals surface area contributed by atoms with E-state index in [0.717, 1.165) is 0 Å². The van der Waals surface area contributed by atoms with Gasteiger partial charge in [-0.3, -0.25) is 9.59 Å². The maximum atomic E-state index is 10.6. The summed E-state index contributed by atoms with van der Waals surface area (Å²) in [5.41, 5.74) is 0. The summed E-state index contributed by atoms with van der Waals surface area (Å²) in [6, 6.07) is 0. The van der Waals surface area contributed by atoms with E-state index in [1.54, 1.807) is 0 Å². The van der Waals surface area contributed by atoms with Crippen molar-refractivity contribution >= 4 is 19.6 Å². The first kappa shape index (κ1) is 9.10. The maximum absolute atomic E-state index is 10.6. The van der Waals surface area contributed by atoms with Crippen molar-refractivity contribution in [2.75, 3.05) is 13.1 Å². The van der Waals surface area contributed by atoms with Crippen LogP contribution in [0.5, 0.6) is 0 Å². The van der Waals surface area contributed by atoms with Gasteiger partial charge in [0.1, 0.15) is 0 Å². The number of rotatable bonds is 1. The molecule has 1 aliphatic heterocycles. The van der Waals surface area contributed by atoms with E-state index in [4.69, 9.17) is 13.0 Å². The molecular weight excluding hydrogens is 157 g/mol. The van der Waals surface area contributed by atoms with Crippen LogP contribution in [0.25, 0.3) is 0 Å². The predicted octanol–water partition coefficient (Wildman–Crippen LogP) is 0.0715. The molecule has 1 heterocycles. The van der Waals surface area contributed by atoms with E-state index in [0.29, 0.717) is 25.9 Å². The van der Waals surface area contributed by atoms with Crippen LogP contribution in [0.2, 0.25) is 0 Å². The van der Waals surface area contributed by atoms with Crippen molar-refractivity contribution in [3.63, 3.8) is 0 Å². The Hall–Kier alpha value is -0.995. The fraction of sp³-hybridized carbons (Fsp3) is 0.714. The lowest BCUT2D eigenvalue weighted by Gasteiger charge is -2.29. The summed E-state index contributed by atoms with van der Waals surface area (Å²) in [6.07, 6.45) is 1.02. The molecule has 0 aromatic heterocycles. The van der Waals surface area contributed by atoms with Gasteiger partial charge < -0.3 is 10.0 Å². The van der Waals surface area contributed by atoms with Crippen molar-refractivity contribution in [2.24, 2.45) is 5.92 Å². The Morgan fingerprint density at radius 1 is 1.33 bits per heavy atom. The highest BCUT2D eigenvalue weighted by Gasteiger charge is 2.24. The molecule has 0 aromatic rings. The van der Waals surface area contributed by atoms with Crippen LogP contribution in [0.4, 0.5) is 4.79 Å². The zero-order chi connectivity index (χ0) is 9.14. The molecule has 1 N–H and O–H groups in total. The highest BCUT2D eigenvalue weighted by molar-refractivity contribution is 6.56. The monoisotopic (exact) mass is 167 g/mol. The van der Waals surface area contributed by atoms with Gasteiger partial charge in [-0.15, -0.1) is 0 Å². The van der Waals surface area contributed by atoms with E-state index in [9.17, 15) is 9.59 Å². The lowest BCUT2D eigenvalue weighted by atomic mass is 9.95. The summed E-state index contributed by atoms with van der Waals surface area (Å²) >= 11 is 0. The molecule has 0 aliphatic carbocycles. The quantitative estimate of drug-likeness (QED) is 0.562. The Kier molecular flexibility index (Phi) is 2.73. The molecule has 0 spiro atoms. The molecule has 4 nitrogen and oxygen atoms in total. The topological polar surface area (TPSA) is 57.6 Å². The Labute approximate surface area is 72.0 Å². The lowest BCUT2D eigenvalue weighted by Crippen LogP contribution is -2.39. The van der Waals surface area contributed by atoms with Gasteiger partial charge in [-0.2, -0.15) is 0 Å². The molecule has 1 saturated heterocycles. The number of carbonyl (C=O) groups excluding carboxylic acids is 1. The minimum absolute atomic E-state index is 0.305. The third kappa shape index (κ3) is 2.00. The molecule has 0 unspecified atom stereocenters. The van der Waals surface area contributed by atoms with Crippen molar-refractivity contribution in [1.82, 2.24) is 4.90 Å². The number of hydrogen-bond acceptors (Lipinski definition) is 2. The summed E-state index contributed by atoms with van der Waals surface area (Å²) in [7, 11) is 5.03.